The lowest BCUT2D eigenvalue weighted by atomic mass is 10.2. The monoisotopic (exact) mass is 361 g/mol. The van der Waals surface area contributed by atoms with Crippen molar-refractivity contribution in [3.8, 4) is 17.2 Å². The smallest absolute Gasteiger partial charge is 0.332 e. The third kappa shape index (κ3) is 4.80. The van der Waals surface area contributed by atoms with Gasteiger partial charge in [0, 0.05) is 4.90 Å². The molecule has 8 heteroatoms. The zero-order chi connectivity index (χ0) is 18.2. The van der Waals surface area contributed by atoms with Gasteiger partial charge in [-0.3, -0.25) is 0 Å². The van der Waals surface area contributed by atoms with Crippen molar-refractivity contribution in [2.75, 3.05) is 21.3 Å². The summed E-state index contributed by atoms with van der Waals surface area (Å²) in [5, 5.41) is 3.83. The number of carbonyl (C=O) groups is 1. The van der Waals surface area contributed by atoms with Gasteiger partial charge in [0.2, 0.25) is 0 Å². The molecule has 0 bridgehead atoms. The quantitative estimate of drug-likeness (QED) is 0.584. The second-order valence-electron chi connectivity index (χ2n) is 4.73. The topological polar surface area (TPSA) is 95.2 Å². The Morgan fingerprint density at radius 3 is 2.48 bits per heavy atom. The molecule has 25 heavy (non-hydrogen) atoms. The van der Waals surface area contributed by atoms with Crippen LogP contribution < -0.4 is 25.4 Å². The molecule has 3 N–H and O–H groups in total. The van der Waals surface area contributed by atoms with Crippen molar-refractivity contribution in [2.24, 2.45) is 10.8 Å². The second kappa shape index (κ2) is 8.84. The van der Waals surface area contributed by atoms with E-state index in [2.05, 4.69) is 10.5 Å². The summed E-state index contributed by atoms with van der Waals surface area (Å²) in [7, 11) is 4.78. The normalized spacial score (nSPS) is 10.5. The van der Waals surface area contributed by atoms with Crippen LogP contribution in [0, 0.1) is 0 Å². The van der Waals surface area contributed by atoms with Gasteiger partial charge in [-0.15, -0.1) is 0 Å². The van der Waals surface area contributed by atoms with Crippen molar-refractivity contribution < 1.29 is 19.0 Å². The number of ether oxygens (including phenoxy) is 3. The Morgan fingerprint density at radius 2 is 1.84 bits per heavy atom. The van der Waals surface area contributed by atoms with E-state index in [4.69, 9.17) is 19.9 Å². The first kappa shape index (κ1) is 18.5. The molecule has 0 heterocycles. The molecule has 2 aromatic rings. The summed E-state index contributed by atoms with van der Waals surface area (Å²) in [6.07, 6.45) is 1.48. The number of nitrogens with one attached hydrogen (secondary N) is 1. The number of hydrazone groups is 1. The molecule has 132 valence electrons. The Bertz CT molecular complexity index is 780. The van der Waals surface area contributed by atoms with Gasteiger partial charge in [-0.05, 0) is 30.3 Å². The fraction of sp³-hybridized carbons (Fsp3) is 0.176. The number of amides is 2. The van der Waals surface area contributed by atoms with E-state index >= 15 is 0 Å². The number of methoxy groups -OCH3 is 3. The van der Waals surface area contributed by atoms with Crippen molar-refractivity contribution in [3.63, 3.8) is 0 Å². The van der Waals surface area contributed by atoms with Crippen molar-refractivity contribution in [2.45, 2.75) is 9.79 Å². The lowest BCUT2D eigenvalue weighted by Gasteiger charge is -2.13. The summed E-state index contributed by atoms with van der Waals surface area (Å²) < 4.78 is 16.1. The van der Waals surface area contributed by atoms with Crippen molar-refractivity contribution in [1.82, 2.24) is 5.43 Å². The molecule has 0 saturated carbocycles. The molecule has 7 nitrogen and oxygen atoms in total. The fourth-order valence-electron chi connectivity index (χ4n) is 2.06. The fourth-order valence-corrected chi connectivity index (χ4v) is 3.13. The SMILES string of the molecule is COc1ccc(OC)c(Sc2cccc(OC)c2C=NNC(N)=O)c1. The van der Waals surface area contributed by atoms with E-state index in [1.54, 1.807) is 27.4 Å². The molecule has 2 aromatic carbocycles. The number of carbonyl (C=O) groups excluding carboxylic acids is 1. The van der Waals surface area contributed by atoms with Gasteiger partial charge in [0.05, 0.1) is 38.0 Å². The lowest BCUT2D eigenvalue weighted by molar-refractivity contribution is 0.249. The molecule has 0 atom stereocenters. The van der Waals surface area contributed by atoms with Crippen LogP contribution in [0.15, 0.2) is 51.3 Å². The number of nitrogens with zero attached hydrogens (tertiary/aromatic N) is 1. The van der Waals surface area contributed by atoms with E-state index in [1.807, 2.05) is 30.3 Å². The number of primary amides is 1. The first-order valence-corrected chi connectivity index (χ1v) is 8.06. The minimum Gasteiger partial charge on any atom is -0.497 e. The van der Waals surface area contributed by atoms with Gasteiger partial charge >= 0.3 is 6.03 Å². The number of urea groups is 1. The number of nitrogens with two attached hydrogens (primary N) is 1. The van der Waals surface area contributed by atoms with Gasteiger partial charge in [0.15, 0.2) is 0 Å². The van der Waals surface area contributed by atoms with Crippen molar-refractivity contribution in [1.29, 1.82) is 0 Å². The number of rotatable bonds is 7. The summed E-state index contributed by atoms with van der Waals surface area (Å²) in [6.45, 7) is 0. The van der Waals surface area contributed by atoms with E-state index in [9.17, 15) is 4.79 Å². The largest absolute Gasteiger partial charge is 0.497 e. The Balaban J connectivity index is 2.42. The minimum absolute atomic E-state index is 0.613. The third-order valence-corrected chi connectivity index (χ3v) is 4.32. The molecular formula is C17H19N3O4S. The predicted octanol–water partition coefficient (Wildman–Crippen LogP) is 2.87. The molecule has 0 aliphatic carbocycles. The Morgan fingerprint density at radius 1 is 1.08 bits per heavy atom. The summed E-state index contributed by atoms with van der Waals surface area (Å²) in [4.78, 5) is 12.5. The third-order valence-electron chi connectivity index (χ3n) is 3.21. The molecule has 0 aliphatic rings. The molecular weight excluding hydrogens is 342 g/mol. The maximum Gasteiger partial charge on any atom is 0.332 e. The number of hydrogen-bond donors (Lipinski definition) is 2. The van der Waals surface area contributed by atoms with Crippen LogP contribution in [0.3, 0.4) is 0 Å². The average molecular weight is 361 g/mol. The van der Waals surface area contributed by atoms with E-state index in [0.717, 1.165) is 15.5 Å². The van der Waals surface area contributed by atoms with E-state index < -0.39 is 6.03 Å². The van der Waals surface area contributed by atoms with Crippen LogP contribution in [0.2, 0.25) is 0 Å². The maximum absolute atomic E-state index is 10.8. The molecule has 0 fully saturated rings. The molecule has 2 rings (SSSR count). The van der Waals surface area contributed by atoms with Gasteiger partial charge in [0.25, 0.3) is 0 Å². The Hall–Kier alpha value is -2.87. The standard InChI is InChI=1S/C17H19N3O4S/c1-22-11-7-8-14(24-3)16(9-11)25-15-6-4-5-13(23-2)12(15)10-19-20-17(18)21/h4-10H,1-3H3,(H3,18,20,21). The molecule has 0 saturated heterocycles. The minimum atomic E-state index is -0.741. The molecule has 0 aliphatic heterocycles. The lowest BCUT2D eigenvalue weighted by Crippen LogP contribution is -2.24. The highest BCUT2D eigenvalue weighted by Crippen LogP contribution is 2.40. The van der Waals surface area contributed by atoms with Crippen LogP contribution >= 0.6 is 11.8 Å². The zero-order valence-corrected chi connectivity index (χ0v) is 14.9. The molecule has 0 unspecified atom stereocenters. The molecule has 0 spiro atoms. The summed E-state index contributed by atoms with van der Waals surface area (Å²) in [6, 6.07) is 10.4. The summed E-state index contributed by atoms with van der Waals surface area (Å²) in [5.74, 6) is 2.05. The molecule has 0 aromatic heterocycles. The highest BCUT2D eigenvalue weighted by Gasteiger charge is 2.12. The van der Waals surface area contributed by atoms with Gasteiger partial charge in [-0.2, -0.15) is 5.10 Å². The number of benzene rings is 2. The van der Waals surface area contributed by atoms with Crippen molar-refractivity contribution >= 4 is 24.0 Å². The van der Waals surface area contributed by atoms with Gasteiger partial charge < -0.3 is 19.9 Å². The van der Waals surface area contributed by atoms with Gasteiger partial charge in [0.1, 0.15) is 17.2 Å². The summed E-state index contributed by atoms with van der Waals surface area (Å²) >= 11 is 1.46. The number of hydrogen-bond acceptors (Lipinski definition) is 6. The highest BCUT2D eigenvalue weighted by molar-refractivity contribution is 7.99. The average Bonchev–Trinajstić information content (AvgIpc) is 2.62. The first-order chi connectivity index (χ1) is 12.1. The summed E-state index contributed by atoms with van der Waals surface area (Å²) in [5.41, 5.74) is 7.91. The van der Waals surface area contributed by atoms with Crippen LogP contribution in [0.25, 0.3) is 0 Å². The van der Waals surface area contributed by atoms with Crippen LogP contribution in [0.5, 0.6) is 17.2 Å². The van der Waals surface area contributed by atoms with Crippen LogP contribution in [0.4, 0.5) is 4.79 Å². The predicted molar refractivity (Wildman–Crippen MR) is 97.0 cm³/mol. The first-order valence-electron chi connectivity index (χ1n) is 7.24. The van der Waals surface area contributed by atoms with Gasteiger partial charge in [-0.1, -0.05) is 17.8 Å². The van der Waals surface area contributed by atoms with Crippen LogP contribution in [-0.2, 0) is 0 Å². The second-order valence-corrected chi connectivity index (χ2v) is 5.81. The van der Waals surface area contributed by atoms with Crippen molar-refractivity contribution in [3.05, 3.63) is 42.0 Å². The van der Waals surface area contributed by atoms with Gasteiger partial charge in [-0.25, -0.2) is 10.2 Å². The Kier molecular flexibility index (Phi) is 6.53. The maximum atomic E-state index is 10.8. The highest BCUT2D eigenvalue weighted by atomic mass is 32.2. The van der Waals surface area contributed by atoms with Crippen LogP contribution in [0.1, 0.15) is 5.56 Å². The Labute approximate surface area is 150 Å². The van der Waals surface area contributed by atoms with E-state index in [0.29, 0.717) is 17.1 Å². The van der Waals surface area contributed by atoms with E-state index in [-0.39, 0.29) is 0 Å². The van der Waals surface area contributed by atoms with E-state index in [1.165, 1.54) is 18.0 Å². The molecule has 0 radical (unpaired) electrons. The molecule has 2 amide bonds. The zero-order valence-electron chi connectivity index (χ0n) is 14.1. The van der Waals surface area contributed by atoms with Crippen LogP contribution in [-0.4, -0.2) is 33.6 Å².